The Kier molecular flexibility index (Phi) is 4.37. The highest BCUT2D eigenvalue weighted by atomic mass is 16.5. The second kappa shape index (κ2) is 5.55. The molecule has 16 heavy (non-hydrogen) atoms. The summed E-state index contributed by atoms with van der Waals surface area (Å²) in [6.07, 6.45) is 1.09. The van der Waals surface area contributed by atoms with Crippen molar-refractivity contribution in [2.24, 2.45) is 0 Å². The van der Waals surface area contributed by atoms with Gasteiger partial charge in [-0.3, -0.25) is 0 Å². The second-order valence-corrected chi connectivity index (χ2v) is 4.36. The van der Waals surface area contributed by atoms with Crippen LogP contribution in [0, 0.1) is 11.3 Å². The zero-order valence-electron chi connectivity index (χ0n) is 10.4. The molecule has 86 valence electrons. The van der Waals surface area contributed by atoms with E-state index in [1.165, 1.54) is 5.56 Å². The highest BCUT2D eigenvalue weighted by Gasteiger charge is 2.09. The molecular weight excluding hydrogens is 198 g/mol. The van der Waals surface area contributed by atoms with Crippen LogP contribution in [0.1, 0.15) is 51.2 Å². The molecule has 0 bridgehead atoms. The first-order valence-electron chi connectivity index (χ1n) is 5.79. The van der Waals surface area contributed by atoms with Crippen LogP contribution in [0.3, 0.4) is 0 Å². The summed E-state index contributed by atoms with van der Waals surface area (Å²) >= 11 is 0. The molecule has 1 rings (SSSR count). The molecule has 0 aromatic heterocycles. The highest BCUT2D eigenvalue weighted by Crippen LogP contribution is 2.24. The van der Waals surface area contributed by atoms with Crippen molar-refractivity contribution in [2.75, 3.05) is 0 Å². The average molecular weight is 217 g/mol. The number of hydrogen-bond donors (Lipinski definition) is 0. The summed E-state index contributed by atoms with van der Waals surface area (Å²) in [5.41, 5.74) is 1.81. The van der Waals surface area contributed by atoms with Crippen molar-refractivity contribution in [3.8, 4) is 11.8 Å². The molecule has 1 aromatic carbocycles. The van der Waals surface area contributed by atoms with E-state index in [0.717, 1.165) is 6.42 Å². The van der Waals surface area contributed by atoms with Crippen molar-refractivity contribution < 1.29 is 4.74 Å². The lowest BCUT2D eigenvalue weighted by atomic mass is 10.0. The Labute approximate surface area is 97.9 Å². The van der Waals surface area contributed by atoms with Gasteiger partial charge in [-0.2, -0.15) is 5.26 Å². The summed E-state index contributed by atoms with van der Waals surface area (Å²) in [5.74, 6) is 1.13. The van der Waals surface area contributed by atoms with Gasteiger partial charge in [0.1, 0.15) is 11.8 Å². The minimum atomic E-state index is 0.150. The average Bonchev–Trinajstić information content (AvgIpc) is 2.29. The quantitative estimate of drug-likeness (QED) is 0.767. The highest BCUT2D eigenvalue weighted by molar-refractivity contribution is 5.46. The molecule has 0 heterocycles. The van der Waals surface area contributed by atoms with Crippen molar-refractivity contribution in [1.82, 2.24) is 0 Å². The van der Waals surface area contributed by atoms with E-state index in [0.29, 0.717) is 17.2 Å². The minimum Gasteiger partial charge on any atom is -0.489 e. The zero-order valence-corrected chi connectivity index (χ0v) is 10.4. The molecule has 0 aliphatic carbocycles. The van der Waals surface area contributed by atoms with Gasteiger partial charge in [-0.05, 0) is 37.0 Å². The van der Waals surface area contributed by atoms with E-state index in [2.05, 4.69) is 26.8 Å². The Bertz CT molecular complexity index is 390. The number of nitriles is 1. The number of rotatable bonds is 4. The fourth-order valence-corrected chi connectivity index (χ4v) is 1.40. The van der Waals surface area contributed by atoms with Gasteiger partial charge in [0.25, 0.3) is 0 Å². The molecule has 1 aromatic rings. The molecule has 0 N–H and O–H groups in total. The van der Waals surface area contributed by atoms with E-state index in [1.54, 1.807) is 0 Å². The summed E-state index contributed by atoms with van der Waals surface area (Å²) in [6.45, 7) is 8.31. The van der Waals surface area contributed by atoms with E-state index >= 15 is 0 Å². The molecule has 0 aliphatic rings. The predicted octanol–water partition coefficient (Wildman–Crippen LogP) is 3.86. The second-order valence-electron chi connectivity index (χ2n) is 4.36. The molecule has 0 saturated heterocycles. The predicted molar refractivity (Wildman–Crippen MR) is 65.6 cm³/mol. The Hall–Kier alpha value is -1.49. The lowest BCUT2D eigenvalue weighted by Crippen LogP contribution is -2.10. The molecule has 0 aliphatic heterocycles. The van der Waals surface area contributed by atoms with Gasteiger partial charge in [0.2, 0.25) is 0 Å². The third-order valence-electron chi connectivity index (χ3n) is 2.69. The zero-order chi connectivity index (χ0) is 12.1. The topological polar surface area (TPSA) is 33.0 Å². The van der Waals surface area contributed by atoms with Crippen LogP contribution < -0.4 is 4.74 Å². The third kappa shape index (κ3) is 3.00. The Morgan fingerprint density at radius 3 is 2.50 bits per heavy atom. The van der Waals surface area contributed by atoms with E-state index in [9.17, 15) is 0 Å². The molecule has 0 amide bonds. The van der Waals surface area contributed by atoms with Crippen LogP contribution in [0.4, 0.5) is 0 Å². The van der Waals surface area contributed by atoms with Crippen molar-refractivity contribution in [3.63, 3.8) is 0 Å². The van der Waals surface area contributed by atoms with Crippen LogP contribution in [0.5, 0.6) is 5.75 Å². The largest absolute Gasteiger partial charge is 0.489 e. The summed E-state index contributed by atoms with van der Waals surface area (Å²) in [6, 6.07) is 8.05. The Morgan fingerprint density at radius 1 is 1.31 bits per heavy atom. The van der Waals surface area contributed by atoms with Gasteiger partial charge < -0.3 is 4.74 Å². The Morgan fingerprint density at radius 2 is 2.00 bits per heavy atom. The Balaban J connectivity index is 2.99. The molecule has 0 saturated carbocycles. The SMILES string of the molecule is CC[C@H](C)Oc1ccc(C(C)C)cc1C#N. The molecule has 0 fully saturated rings. The standard InChI is InChI=1S/C14H19NO/c1-5-11(4)16-14-7-6-12(10(2)3)8-13(14)9-15/h6-8,10-11H,5H2,1-4H3/t11-/m0/s1. The smallest absolute Gasteiger partial charge is 0.137 e. The van der Waals surface area contributed by atoms with Crippen LogP contribution in [0.2, 0.25) is 0 Å². The van der Waals surface area contributed by atoms with Crippen molar-refractivity contribution in [3.05, 3.63) is 29.3 Å². The molecule has 0 spiro atoms. The normalized spacial score (nSPS) is 12.2. The summed E-state index contributed by atoms with van der Waals surface area (Å²) < 4.78 is 5.70. The van der Waals surface area contributed by atoms with Crippen molar-refractivity contribution in [2.45, 2.75) is 46.1 Å². The maximum atomic E-state index is 9.08. The maximum absolute atomic E-state index is 9.08. The minimum absolute atomic E-state index is 0.150. The summed E-state index contributed by atoms with van der Waals surface area (Å²) in [5, 5.41) is 9.08. The van der Waals surface area contributed by atoms with E-state index in [1.807, 2.05) is 25.1 Å². The molecule has 2 heteroatoms. The molecule has 0 radical (unpaired) electrons. The number of benzene rings is 1. The van der Waals surface area contributed by atoms with Gasteiger partial charge in [-0.15, -0.1) is 0 Å². The van der Waals surface area contributed by atoms with Crippen LogP contribution >= 0.6 is 0 Å². The number of hydrogen-bond acceptors (Lipinski definition) is 2. The van der Waals surface area contributed by atoms with Crippen molar-refractivity contribution >= 4 is 0 Å². The summed E-state index contributed by atoms with van der Waals surface area (Å²) in [7, 11) is 0. The van der Waals surface area contributed by atoms with Crippen LogP contribution in [-0.2, 0) is 0 Å². The lowest BCUT2D eigenvalue weighted by molar-refractivity contribution is 0.217. The van der Waals surface area contributed by atoms with Gasteiger partial charge in [-0.1, -0.05) is 26.8 Å². The molecular formula is C14H19NO. The number of nitrogens with zero attached hydrogens (tertiary/aromatic N) is 1. The molecule has 1 atom stereocenters. The first-order chi connectivity index (χ1) is 7.58. The van der Waals surface area contributed by atoms with Crippen LogP contribution in [0.15, 0.2) is 18.2 Å². The van der Waals surface area contributed by atoms with Gasteiger partial charge in [-0.25, -0.2) is 0 Å². The van der Waals surface area contributed by atoms with Gasteiger partial charge in [0, 0.05) is 0 Å². The molecule has 0 unspecified atom stereocenters. The van der Waals surface area contributed by atoms with Crippen molar-refractivity contribution in [1.29, 1.82) is 5.26 Å². The van der Waals surface area contributed by atoms with Crippen LogP contribution in [-0.4, -0.2) is 6.10 Å². The fraction of sp³-hybridized carbons (Fsp3) is 0.500. The van der Waals surface area contributed by atoms with Gasteiger partial charge in [0.15, 0.2) is 0 Å². The third-order valence-corrected chi connectivity index (χ3v) is 2.69. The van der Waals surface area contributed by atoms with Gasteiger partial charge in [0.05, 0.1) is 11.7 Å². The van der Waals surface area contributed by atoms with Crippen LogP contribution in [0.25, 0.3) is 0 Å². The van der Waals surface area contributed by atoms with E-state index in [4.69, 9.17) is 10.00 Å². The van der Waals surface area contributed by atoms with Gasteiger partial charge >= 0.3 is 0 Å². The first-order valence-corrected chi connectivity index (χ1v) is 5.79. The molecule has 2 nitrogen and oxygen atoms in total. The lowest BCUT2D eigenvalue weighted by Gasteiger charge is -2.15. The van der Waals surface area contributed by atoms with E-state index in [-0.39, 0.29) is 6.10 Å². The monoisotopic (exact) mass is 217 g/mol. The summed E-state index contributed by atoms with van der Waals surface area (Å²) in [4.78, 5) is 0. The fourth-order valence-electron chi connectivity index (χ4n) is 1.40. The maximum Gasteiger partial charge on any atom is 0.137 e. The first kappa shape index (κ1) is 12.6. The van der Waals surface area contributed by atoms with E-state index < -0.39 is 0 Å². The number of ether oxygens (including phenoxy) is 1.